The molecule has 0 spiro atoms. The molecule has 0 radical (unpaired) electrons. The predicted molar refractivity (Wildman–Crippen MR) is 94.4 cm³/mol. The average Bonchev–Trinajstić information content (AvgIpc) is 3.09. The molecular formula is C18H19N3O4. The van der Waals surface area contributed by atoms with Gasteiger partial charge in [-0.25, -0.2) is 5.43 Å². The topological polar surface area (TPSA) is 81.2 Å². The van der Waals surface area contributed by atoms with Crippen LogP contribution in [0.25, 0.3) is 0 Å². The molecule has 7 nitrogen and oxygen atoms in total. The molecule has 0 unspecified atom stereocenters. The van der Waals surface area contributed by atoms with E-state index in [-0.39, 0.29) is 12.7 Å². The molecule has 2 aromatic rings. The monoisotopic (exact) mass is 341 g/mol. The molecule has 25 heavy (non-hydrogen) atoms. The van der Waals surface area contributed by atoms with E-state index < -0.39 is 6.04 Å². The molecule has 0 aliphatic carbocycles. The molecule has 0 aromatic heterocycles. The van der Waals surface area contributed by atoms with Crippen molar-refractivity contribution in [1.82, 2.24) is 5.43 Å². The van der Waals surface area contributed by atoms with Gasteiger partial charge in [-0.15, -0.1) is 0 Å². The van der Waals surface area contributed by atoms with Gasteiger partial charge in [0.2, 0.25) is 6.79 Å². The molecule has 1 atom stereocenters. The highest BCUT2D eigenvalue weighted by atomic mass is 16.7. The number of fused-ring (bicyclic) bond motifs is 1. The van der Waals surface area contributed by atoms with E-state index in [0.717, 1.165) is 11.3 Å². The Kier molecular flexibility index (Phi) is 5.03. The van der Waals surface area contributed by atoms with Crippen LogP contribution in [0.2, 0.25) is 0 Å². The highest BCUT2D eigenvalue weighted by Crippen LogP contribution is 2.31. The Morgan fingerprint density at radius 1 is 1.24 bits per heavy atom. The molecule has 2 N–H and O–H groups in total. The number of methoxy groups -OCH3 is 1. The lowest BCUT2D eigenvalue weighted by atomic mass is 10.2. The molecule has 1 aliphatic rings. The number of hydrogen-bond donors (Lipinski definition) is 2. The summed E-state index contributed by atoms with van der Waals surface area (Å²) >= 11 is 0. The molecular weight excluding hydrogens is 322 g/mol. The molecule has 0 saturated carbocycles. The highest BCUT2D eigenvalue weighted by Gasteiger charge is 2.14. The zero-order valence-electron chi connectivity index (χ0n) is 14.0. The molecule has 130 valence electrons. The Bertz CT molecular complexity index is 792. The zero-order chi connectivity index (χ0) is 17.6. The molecule has 0 bridgehead atoms. The first-order valence-corrected chi connectivity index (χ1v) is 7.79. The number of carbonyl (C=O) groups is 1. The molecule has 1 aliphatic heterocycles. The summed E-state index contributed by atoms with van der Waals surface area (Å²) in [5.41, 5.74) is 4.06. The first-order valence-electron chi connectivity index (χ1n) is 7.79. The summed E-state index contributed by atoms with van der Waals surface area (Å²) in [6, 6.07) is 12.4. The van der Waals surface area contributed by atoms with E-state index in [0.29, 0.717) is 17.2 Å². The summed E-state index contributed by atoms with van der Waals surface area (Å²) in [5, 5.41) is 7.08. The van der Waals surface area contributed by atoms with E-state index in [1.807, 2.05) is 30.3 Å². The Hall–Kier alpha value is -3.22. The second-order valence-electron chi connectivity index (χ2n) is 5.41. The van der Waals surface area contributed by atoms with Gasteiger partial charge in [-0.2, -0.15) is 5.10 Å². The number of amides is 1. The Balaban J connectivity index is 1.56. The third-order valence-electron chi connectivity index (χ3n) is 3.66. The summed E-state index contributed by atoms with van der Waals surface area (Å²) in [6.45, 7) is 1.97. The van der Waals surface area contributed by atoms with Gasteiger partial charge in [0.15, 0.2) is 11.5 Å². The van der Waals surface area contributed by atoms with Crippen molar-refractivity contribution in [2.75, 3.05) is 19.2 Å². The first-order chi connectivity index (χ1) is 12.2. The van der Waals surface area contributed by atoms with Crippen LogP contribution < -0.4 is 25.0 Å². The van der Waals surface area contributed by atoms with Gasteiger partial charge in [-0.1, -0.05) is 12.1 Å². The molecule has 0 saturated heterocycles. The van der Waals surface area contributed by atoms with Crippen LogP contribution >= 0.6 is 0 Å². The van der Waals surface area contributed by atoms with Crippen molar-refractivity contribution in [3.8, 4) is 17.2 Å². The number of nitrogens with one attached hydrogen (secondary N) is 2. The van der Waals surface area contributed by atoms with Crippen LogP contribution in [0.4, 0.5) is 5.69 Å². The molecule has 1 amide bonds. The van der Waals surface area contributed by atoms with Crippen molar-refractivity contribution in [1.29, 1.82) is 0 Å². The minimum absolute atomic E-state index is 0.221. The van der Waals surface area contributed by atoms with Gasteiger partial charge in [0.1, 0.15) is 11.8 Å². The van der Waals surface area contributed by atoms with E-state index in [1.54, 1.807) is 32.4 Å². The molecule has 7 heteroatoms. The van der Waals surface area contributed by atoms with Crippen LogP contribution in [-0.4, -0.2) is 32.1 Å². The quantitative estimate of drug-likeness (QED) is 0.623. The summed E-state index contributed by atoms with van der Waals surface area (Å²) in [6.07, 6.45) is 1.55. The van der Waals surface area contributed by atoms with Crippen molar-refractivity contribution < 1.29 is 19.0 Å². The van der Waals surface area contributed by atoms with E-state index in [1.165, 1.54) is 0 Å². The standard InChI is InChI=1S/C18H19N3O4/c1-12(20-14-5-3-4-6-15(14)23-2)18(22)21-19-10-13-7-8-16-17(9-13)25-11-24-16/h3-10,12,20H,11H2,1-2H3,(H,21,22)/b19-10-/t12-/m1/s1. The lowest BCUT2D eigenvalue weighted by Crippen LogP contribution is -2.35. The van der Waals surface area contributed by atoms with Gasteiger partial charge in [0.05, 0.1) is 19.0 Å². The van der Waals surface area contributed by atoms with E-state index in [2.05, 4.69) is 15.8 Å². The number of hydrogen-bond acceptors (Lipinski definition) is 6. The number of rotatable bonds is 6. The highest BCUT2D eigenvalue weighted by molar-refractivity contribution is 5.87. The molecule has 1 heterocycles. The molecule has 2 aromatic carbocycles. The summed E-state index contributed by atoms with van der Waals surface area (Å²) in [7, 11) is 1.58. The number of para-hydroxylation sites is 2. The first kappa shape index (κ1) is 16.6. The Morgan fingerprint density at radius 2 is 2.04 bits per heavy atom. The van der Waals surface area contributed by atoms with Crippen molar-refractivity contribution in [2.45, 2.75) is 13.0 Å². The van der Waals surface area contributed by atoms with Crippen LogP contribution in [0, 0.1) is 0 Å². The van der Waals surface area contributed by atoms with Crippen molar-refractivity contribution in [3.05, 3.63) is 48.0 Å². The van der Waals surface area contributed by atoms with Gasteiger partial charge in [0.25, 0.3) is 5.91 Å². The minimum atomic E-state index is -0.481. The maximum Gasteiger partial charge on any atom is 0.262 e. The van der Waals surface area contributed by atoms with E-state index >= 15 is 0 Å². The number of anilines is 1. The fourth-order valence-electron chi connectivity index (χ4n) is 2.32. The van der Waals surface area contributed by atoms with Crippen LogP contribution in [0.1, 0.15) is 12.5 Å². The lowest BCUT2D eigenvalue weighted by molar-refractivity contribution is -0.121. The van der Waals surface area contributed by atoms with Gasteiger partial charge < -0.3 is 19.5 Å². The number of carbonyl (C=O) groups excluding carboxylic acids is 1. The van der Waals surface area contributed by atoms with Crippen molar-refractivity contribution in [2.24, 2.45) is 5.10 Å². The maximum atomic E-state index is 12.2. The van der Waals surface area contributed by atoms with Gasteiger partial charge in [-0.3, -0.25) is 4.79 Å². The number of ether oxygens (including phenoxy) is 3. The van der Waals surface area contributed by atoms with Crippen LogP contribution in [-0.2, 0) is 4.79 Å². The number of benzene rings is 2. The average molecular weight is 341 g/mol. The predicted octanol–water partition coefficient (Wildman–Crippen LogP) is 2.37. The summed E-state index contributed by atoms with van der Waals surface area (Å²) in [5.74, 6) is 1.78. The summed E-state index contributed by atoms with van der Waals surface area (Å²) in [4.78, 5) is 12.2. The van der Waals surface area contributed by atoms with Crippen LogP contribution in [0.15, 0.2) is 47.6 Å². The summed E-state index contributed by atoms with van der Waals surface area (Å²) < 4.78 is 15.8. The van der Waals surface area contributed by atoms with Gasteiger partial charge in [-0.05, 0) is 42.8 Å². The second-order valence-corrected chi connectivity index (χ2v) is 5.41. The SMILES string of the molecule is COc1ccccc1N[C@H](C)C(=O)N/N=C\c1ccc2c(c1)OCO2. The number of nitrogens with zero attached hydrogens (tertiary/aromatic N) is 1. The third kappa shape index (κ3) is 4.00. The lowest BCUT2D eigenvalue weighted by Gasteiger charge is -2.15. The largest absolute Gasteiger partial charge is 0.495 e. The van der Waals surface area contributed by atoms with Crippen LogP contribution in [0.3, 0.4) is 0 Å². The van der Waals surface area contributed by atoms with Crippen molar-refractivity contribution in [3.63, 3.8) is 0 Å². The minimum Gasteiger partial charge on any atom is -0.495 e. The molecule has 3 rings (SSSR count). The normalized spacial score (nSPS) is 13.5. The fraction of sp³-hybridized carbons (Fsp3) is 0.222. The maximum absolute atomic E-state index is 12.2. The Morgan fingerprint density at radius 3 is 2.88 bits per heavy atom. The smallest absolute Gasteiger partial charge is 0.262 e. The number of hydrazone groups is 1. The van der Waals surface area contributed by atoms with Gasteiger partial charge in [0, 0.05) is 0 Å². The van der Waals surface area contributed by atoms with Crippen molar-refractivity contribution >= 4 is 17.8 Å². The van der Waals surface area contributed by atoms with E-state index in [4.69, 9.17) is 14.2 Å². The Labute approximate surface area is 145 Å². The zero-order valence-corrected chi connectivity index (χ0v) is 14.0. The van der Waals surface area contributed by atoms with Crippen LogP contribution in [0.5, 0.6) is 17.2 Å². The van der Waals surface area contributed by atoms with E-state index in [9.17, 15) is 4.79 Å². The van der Waals surface area contributed by atoms with Gasteiger partial charge >= 0.3 is 0 Å². The third-order valence-corrected chi connectivity index (χ3v) is 3.66. The molecule has 0 fully saturated rings. The fourth-order valence-corrected chi connectivity index (χ4v) is 2.32. The second kappa shape index (κ2) is 7.57.